The quantitative estimate of drug-likeness (QED) is 0.871. The summed E-state index contributed by atoms with van der Waals surface area (Å²) in [6.45, 7) is 3.33. The van der Waals surface area contributed by atoms with Gasteiger partial charge in [0.1, 0.15) is 6.04 Å². The van der Waals surface area contributed by atoms with E-state index in [2.05, 4.69) is 0 Å². The topological polar surface area (TPSA) is 76.1 Å². The fourth-order valence-corrected chi connectivity index (χ4v) is 2.48. The van der Waals surface area contributed by atoms with Crippen molar-refractivity contribution in [2.75, 3.05) is 14.2 Å². The number of ether oxygens (including phenoxy) is 2. The Labute approximate surface area is 129 Å². The third-order valence-electron chi connectivity index (χ3n) is 3.91. The third-order valence-corrected chi connectivity index (χ3v) is 3.91. The van der Waals surface area contributed by atoms with E-state index in [4.69, 9.17) is 9.47 Å². The molecule has 120 valence electrons. The van der Waals surface area contributed by atoms with Crippen LogP contribution in [-0.2, 0) is 4.79 Å². The molecule has 1 atom stereocenters. The molecule has 0 radical (unpaired) electrons. The van der Waals surface area contributed by atoms with Crippen LogP contribution in [0.3, 0.4) is 0 Å². The number of benzene rings is 1. The monoisotopic (exact) mass is 307 g/mol. The summed E-state index contributed by atoms with van der Waals surface area (Å²) in [5.74, 6) is -0.287. The van der Waals surface area contributed by atoms with Crippen molar-refractivity contribution < 1.29 is 24.2 Å². The summed E-state index contributed by atoms with van der Waals surface area (Å²) in [5.41, 5.74) is 1.17. The minimum atomic E-state index is -1.00. The summed E-state index contributed by atoms with van der Waals surface area (Å²) in [6.07, 6.45) is 1.69. The van der Waals surface area contributed by atoms with Gasteiger partial charge in [0.25, 0.3) is 5.91 Å². The molecule has 1 N–H and O–H groups in total. The van der Waals surface area contributed by atoms with Crippen molar-refractivity contribution in [3.63, 3.8) is 0 Å². The molecule has 22 heavy (non-hydrogen) atoms. The van der Waals surface area contributed by atoms with Crippen LogP contribution in [0.1, 0.15) is 35.7 Å². The van der Waals surface area contributed by atoms with Gasteiger partial charge in [-0.15, -0.1) is 0 Å². The Morgan fingerprint density at radius 2 is 1.77 bits per heavy atom. The predicted octanol–water partition coefficient (Wildman–Crippen LogP) is 2.09. The predicted molar refractivity (Wildman–Crippen MR) is 80.6 cm³/mol. The Morgan fingerprint density at radius 1 is 1.23 bits per heavy atom. The second-order valence-electron chi connectivity index (χ2n) is 5.48. The van der Waals surface area contributed by atoms with Crippen molar-refractivity contribution in [1.29, 1.82) is 0 Å². The molecular formula is C16H21NO5. The van der Waals surface area contributed by atoms with Crippen LogP contribution >= 0.6 is 0 Å². The average Bonchev–Trinajstić information content (AvgIpc) is 3.31. The average molecular weight is 307 g/mol. The van der Waals surface area contributed by atoms with Crippen LogP contribution in [-0.4, -0.2) is 48.2 Å². The Hall–Kier alpha value is -2.24. The Kier molecular flexibility index (Phi) is 4.59. The minimum absolute atomic E-state index is 0.00564. The highest BCUT2D eigenvalue weighted by atomic mass is 16.5. The van der Waals surface area contributed by atoms with Gasteiger partial charge in [-0.2, -0.15) is 0 Å². The lowest BCUT2D eigenvalue weighted by molar-refractivity contribution is -0.141. The molecule has 0 aromatic heterocycles. The molecule has 1 aromatic rings. The molecule has 1 aromatic carbocycles. The summed E-state index contributed by atoms with van der Waals surface area (Å²) in [6, 6.07) is 2.49. The number of carboxylic acids is 1. The highest BCUT2D eigenvalue weighted by Gasteiger charge is 2.39. The Balaban J connectivity index is 2.40. The fraction of sp³-hybridized carbons (Fsp3) is 0.500. The maximum atomic E-state index is 12.8. The van der Waals surface area contributed by atoms with Crippen LogP contribution in [0.15, 0.2) is 12.1 Å². The lowest BCUT2D eigenvalue weighted by Gasteiger charge is -2.27. The van der Waals surface area contributed by atoms with Crippen LogP contribution in [0, 0.1) is 6.92 Å². The largest absolute Gasteiger partial charge is 0.493 e. The highest BCUT2D eigenvalue weighted by molar-refractivity contribution is 5.98. The number of hydrogen-bond donors (Lipinski definition) is 1. The third kappa shape index (κ3) is 3.00. The first-order valence-electron chi connectivity index (χ1n) is 7.18. The smallest absolute Gasteiger partial charge is 0.326 e. The van der Waals surface area contributed by atoms with Gasteiger partial charge in [-0.05, 0) is 44.4 Å². The molecule has 1 unspecified atom stereocenters. The zero-order chi connectivity index (χ0) is 16.4. The minimum Gasteiger partial charge on any atom is -0.493 e. The molecule has 0 saturated heterocycles. The molecule has 6 nitrogen and oxygen atoms in total. The van der Waals surface area contributed by atoms with E-state index in [-0.39, 0.29) is 11.9 Å². The molecular weight excluding hydrogens is 286 g/mol. The standard InChI is InChI=1S/C16H21NO5/c1-9-7-13(21-3)14(22-4)8-12(9)15(18)17(11-5-6-11)10(2)16(19)20/h7-8,10-11H,5-6H2,1-4H3,(H,19,20). The fourth-order valence-electron chi connectivity index (χ4n) is 2.48. The van der Waals surface area contributed by atoms with E-state index in [0.29, 0.717) is 17.1 Å². The van der Waals surface area contributed by atoms with Gasteiger partial charge in [0.05, 0.1) is 14.2 Å². The van der Waals surface area contributed by atoms with E-state index in [9.17, 15) is 14.7 Å². The van der Waals surface area contributed by atoms with Gasteiger partial charge in [-0.3, -0.25) is 4.79 Å². The van der Waals surface area contributed by atoms with Crippen molar-refractivity contribution in [3.8, 4) is 11.5 Å². The molecule has 1 amide bonds. The van der Waals surface area contributed by atoms with Crippen LogP contribution < -0.4 is 9.47 Å². The second kappa shape index (κ2) is 6.25. The van der Waals surface area contributed by atoms with E-state index < -0.39 is 12.0 Å². The molecule has 0 heterocycles. The first-order valence-corrected chi connectivity index (χ1v) is 7.18. The second-order valence-corrected chi connectivity index (χ2v) is 5.48. The molecule has 0 aliphatic heterocycles. The number of carbonyl (C=O) groups excluding carboxylic acids is 1. The molecule has 1 fully saturated rings. The number of carboxylic acid groups (broad SMARTS) is 1. The van der Waals surface area contributed by atoms with Gasteiger partial charge in [-0.1, -0.05) is 0 Å². The number of rotatable bonds is 6. The summed E-state index contributed by atoms with van der Waals surface area (Å²) in [4.78, 5) is 25.6. The zero-order valence-electron chi connectivity index (χ0n) is 13.3. The molecule has 1 saturated carbocycles. The van der Waals surface area contributed by atoms with Crippen LogP contribution in [0.5, 0.6) is 11.5 Å². The summed E-state index contributed by atoms with van der Waals surface area (Å²) in [7, 11) is 3.03. The summed E-state index contributed by atoms with van der Waals surface area (Å²) >= 11 is 0. The number of nitrogens with zero attached hydrogens (tertiary/aromatic N) is 1. The lowest BCUT2D eigenvalue weighted by atomic mass is 10.0. The number of methoxy groups -OCH3 is 2. The Morgan fingerprint density at radius 3 is 2.23 bits per heavy atom. The molecule has 0 bridgehead atoms. The number of carbonyl (C=O) groups is 2. The lowest BCUT2D eigenvalue weighted by Crippen LogP contribution is -2.45. The van der Waals surface area contributed by atoms with Crippen molar-refractivity contribution >= 4 is 11.9 Å². The molecule has 2 rings (SSSR count). The van der Waals surface area contributed by atoms with E-state index in [0.717, 1.165) is 18.4 Å². The van der Waals surface area contributed by atoms with Gasteiger partial charge in [0.2, 0.25) is 0 Å². The molecule has 6 heteroatoms. The highest BCUT2D eigenvalue weighted by Crippen LogP contribution is 2.34. The number of amides is 1. The summed E-state index contributed by atoms with van der Waals surface area (Å²) < 4.78 is 10.4. The van der Waals surface area contributed by atoms with Gasteiger partial charge in [0, 0.05) is 11.6 Å². The number of hydrogen-bond acceptors (Lipinski definition) is 4. The summed E-state index contributed by atoms with van der Waals surface area (Å²) in [5, 5.41) is 9.24. The number of aryl methyl sites for hydroxylation is 1. The molecule has 1 aliphatic carbocycles. The zero-order valence-corrected chi connectivity index (χ0v) is 13.3. The van der Waals surface area contributed by atoms with E-state index >= 15 is 0 Å². The van der Waals surface area contributed by atoms with Crippen molar-refractivity contribution in [2.45, 2.75) is 38.8 Å². The van der Waals surface area contributed by atoms with E-state index in [1.165, 1.54) is 26.0 Å². The first kappa shape index (κ1) is 16.1. The molecule has 1 aliphatic rings. The normalized spacial score (nSPS) is 15.1. The van der Waals surface area contributed by atoms with Crippen LogP contribution in [0.4, 0.5) is 0 Å². The number of aliphatic carboxylic acids is 1. The SMILES string of the molecule is COc1cc(C)c(C(=O)N(C2CC2)C(C)C(=O)O)cc1OC. The van der Waals surface area contributed by atoms with Crippen molar-refractivity contribution in [1.82, 2.24) is 4.90 Å². The van der Waals surface area contributed by atoms with Crippen LogP contribution in [0.2, 0.25) is 0 Å². The first-order chi connectivity index (χ1) is 10.4. The van der Waals surface area contributed by atoms with Crippen LogP contribution in [0.25, 0.3) is 0 Å². The van der Waals surface area contributed by atoms with Gasteiger partial charge in [-0.25, -0.2) is 4.79 Å². The maximum absolute atomic E-state index is 12.8. The molecule has 0 spiro atoms. The van der Waals surface area contributed by atoms with Crippen molar-refractivity contribution in [3.05, 3.63) is 23.3 Å². The van der Waals surface area contributed by atoms with Gasteiger partial charge in [0.15, 0.2) is 11.5 Å². The van der Waals surface area contributed by atoms with E-state index in [1.54, 1.807) is 19.1 Å². The van der Waals surface area contributed by atoms with Gasteiger partial charge >= 0.3 is 5.97 Å². The van der Waals surface area contributed by atoms with E-state index in [1.807, 2.05) is 0 Å². The maximum Gasteiger partial charge on any atom is 0.326 e. The van der Waals surface area contributed by atoms with Gasteiger partial charge < -0.3 is 19.5 Å². The Bertz CT molecular complexity index is 594. The van der Waals surface area contributed by atoms with Crippen molar-refractivity contribution in [2.24, 2.45) is 0 Å².